The van der Waals surface area contributed by atoms with Crippen molar-refractivity contribution in [3.05, 3.63) is 52.0 Å². The lowest BCUT2D eigenvalue weighted by molar-refractivity contribution is -0.151. The van der Waals surface area contributed by atoms with Crippen molar-refractivity contribution >= 4 is 29.1 Å². The Kier molecular flexibility index (Phi) is 6.13. The molecule has 8 heteroatoms. The molecule has 0 aliphatic carbocycles. The summed E-state index contributed by atoms with van der Waals surface area (Å²) in [5.41, 5.74) is 1.63. The number of carbonyl (C=O) groups is 3. The molecule has 2 aliphatic heterocycles. The third-order valence-corrected chi connectivity index (χ3v) is 6.55. The maximum absolute atomic E-state index is 13.5. The number of piperidine rings is 1. The first-order valence-corrected chi connectivity index (χ1v) is 11.2. The van der Waals surface area contributed by atoms with Crippen LogP contribution in [0.3, 0.4) is 0 Å². The van der Waals surface area contributed by atoms with Crippen LogP contribution in [-0.2, 0) is 20.9 Å². The number of hydrogen-bond donors (Lipinski definition) is 0. The van der Waals surface area contributed by atoms with Crippen LogP contribution in [0.2, 0.25) is 0 Å². The molecule has 1 saturated heterocycles. The zero-order valence-corrected chi connectivity index (χ0v) is 17.8. The van der Waals surface area contributed by atoms with E-state index in [2.05, 4.69) is 4.98 Å². The molecule has 2 unspecified atom stereocenters. The normalized spacial score (nSPS) is 21.1. The maximum atomic E-state index is 13.5. The molecule has 0 aromatic carbocycles. The number of rotatable bonds is 4. The number of fused-ring (bicyclic) bond motifs is 1. The summed E-state index contributed by atoms with van der Waals surface area (Å²) in [5, 5.41) is 1.87. The molecule has 158 valence electrons. The Morgan fingerprint density at radius 1 is 1.20 bits per heavy atom. The summed E-state index contributed by atoms with van der Waals surface area (Å²) in [6, 6.07) is 7.41. The van der Waals surface area contributed by atoms with Crippen LogP contribution in [0.1, 0.15) is 46.6 Å². The maximum Gasteiger partial charge on any atom is 0.310 e. The van der Waals surface area contributed by atoms with Gasteiger partial charge in [-0.3, -0.25) is 19.4 Å². The van der Waals surface area contributed by atoms with Gasteiger partial charge in [0.2, 0.25) is 5.91 Å². The van der Waals surface area contributed by atoms with Crippen molar-refractivity contribution in [1.29, 1.82) is 0 Å². The third kappa shape index (κ3) is 4.09. The Hall–Kier alpha value is -2.74. The highest BCUT2D eigenvalue weighted by Gasteiger charge is 2.38. The van der Waals surface area contributed by atoms with E-state index >= 15 is 0 Å². The second-order valence-corrected chi connectivity index (χ2v) is 8.59. The Balaban J connectivity index is 1.56. The minimum absolute atomic E-state index is 0.0691. The Morgan fingerprint density at radius 2 is 2.07 bits per heavy atom. The highest BCUT2D eigenvalue weighted by Crippen LogP contribution is 2.31. The van der Waals surface area contributed by atoms with Gasteiger partial charge >= 0.3 is 5.97 Å². The number of ether oxygens (including phenoxy) is 1. The minimum atomic E-state index is -0.528. The average molecular weight is 428 g/mol. The van der Waals surface area contributed by atoms with Gasteiger partial charge in [0.1, 0.15) is 0 Å². The van der Waals surface area contributed by atoms with Crippen molar-refractivity contribution in [3.63, 3.8) is 0 Å². The van der Waals surface area contributed by atoms with Crippen LogP contribution in [-0.4, -0.2) is 58.8 Å². The van der Waals surface area contributed by atoms with E-state index in [0.717, 1.165) is 24.1 Å². The standard InChI is InChI=1S/C22H25N3O4S/c1-2-29-22(28)16-7-4-10-24(13-16)20(26)17-14-25(21(27)18-8-5-11-30-18)12-15-6-3-9-23-19(15)17/h3,5-6,8-9,11,16-17H,2,4,7,10,12-14H2,1H3. The van der Waals surface area contributed by atoms with Crippen LogP contribution in [0.5, 0.6) is 0 Å². The zero-order valence-electron chi connectivity index (χ0n) is 17.0. The Morgan fingerprint density at radius 3 is 2.83 bits per heavy atom. The summed E-state index contributed by atoms with van der Waals surface area (Å²) in [4.78, 5) is 47.3. The highest BCUT2D eigenvalue weighted by atomic mass is 32.1. The number of thiophene rings is 1. The van der Waals surface area contributed by atoms with Gasteiger partial charge in [-0.1, -0.05) is 12.1 Å². The van der Waals surface area contributed by atoms with E-state index < -0.39 is 5.92 Å². The molecule has 0 spiro atoms. The van der Waals surface area contributed by atoms with Crippen molar-refractivity contribution in [2.45, 2.75) is 32.2 Å². The second-order valence-electron chi connectivity index (χ2n) is 7.64. The molecule has 2 aromatic heterocycles. The predicted molar refractivity (Wildman–Crippen MR) is 112 cm³/mol. The van der Waals surface area contributed by atoms with Crippen LogP contribution in [0.4, 0.5) is 0 Å². The number of carbonyl (C=O) groups excluding carboxylic acids is 3. The van der Waals surface area contributed by atoms with E-state index in [9.17, 15) is 14.4 Å². The Bertz CT molecular complexity index is 930. The van der Waals surface area contributed by atoms with Crippen molar-refractivity contribution in [1.82, 2.24) is 14.8 Å². The summed E-state index contributed by atoms with van der Waals surface area (Å²) < 4.78 is 5.16. The predicted octanol–water partition coefficient (Wildman–Crippen LogP) is 2.68. The number of nitrogens with zero attached hydrogens (tertiary/aromatic N) is 3. The Labute approximate surface area is 179 Å². The fourth-order valence-corrected chi connectivity index (χ4v) is 4.92. The van der Waals surface area contributed by atoms with Gasteiger partial charge in [0.05, 0.1) is 29.0 Å². The molecule has 0 saturated carbocycles. The lowest BCUT2D eigenvalue weighted by atomic mass is 9.91. The van der Waals surface area contributed by atoms with Crippen LogP contribution >= 0.6 is 11.3 Å². The van der Waals surface area contributed by atoms with E-state index in [1.54, 1.807) is 29.0 Å². The average Bonchev–Trinajstić information content (AvgIpc) is 3.32. The van der Waals surface area contributed by atoms with E-state index in [-0.39, 0.29) is 23.7 Å². The molecule has 0 bridgehead atoms. The number of aromatic nitrogens is 1. The molecule has 7 nitrogen and oxygen atoms in total. The fourth-order valence-electron chi connectivity index (χ4n) is 4.23. The lowest BCUT2D eigenvalue weighted by Crippen LogP contribution is -2.49. The molecule has 2 atom stereocenters. The first-order chi connectivity index (χ1) is 14.6. The fraction of sp³-hybridized carbons (Fsp3) is 0.455. The lowest BCUT2D eigenvalue weighted by Gasteiger charge is -2.38. The number of likely N-dealkylation sites (tertiary alicyclic amines) is 1. The third-order valence-electron chi connectivity index (χ3n) is 5.69. The largest absolute Gasteiger partial charge is 0.466 e. The first kappa shape index (κ1) is 20.5. The highest BCUT2D eigenvalue weighted by molar-refractivity contribution is 7.12. The van der Waals surface area contributed by atoms with Gasteiger partial charge < -0.3 is 14.5 Å². The molecule has 4 rings (SSSR count). The quantitative estimate of drug-likeness (QED) is 0.701. The molecule has 2 aromatic rings. The number of amides is 2. The first-order valence-electron chi connectivity index (χ1n) is 10.3. The van der Waals surface area contributed by atoms with Gasteiger partial charge in [-0.25, -0.2) is 0 Å². The number of esters is 1. The van der Waals surface area contributed by atoms with Crippen LogP contribution in [0.15, 0.2) is 35.8 Å². The van der Waals surface area contributed by atoms with Gasteiger partial charge in [0.25, 0.3) is 5.91 Å². The van der Waals surface area contributed by atoms with Crippen molar-refractivity contribution in [2.24, 2.45) is 5.92 Å². The molecule has 0 N–H and O–H groups in total. The van der Waals surface area contributed by atoms with Crippen molar-refractivity contribution in [2.75, 3.05) is 26.2 Å². The van der Waals surface area contributed by atoms with Gasteiger partial charge in [-0.15, -0.1) is 11.3 Å². The molecular formula is C22H25N3O4S. The minimum Gasteiger partial charge on any atom is -0.466 e. The summed E-state index contributed by atoms with van der Waals surface area (Å²) >= 11 is 1.40. The summed E-state index contributed by atoms with van der Waals surface area (Å²) in [6.45, 7) is 3.81. The van der Waals surface area contributed by atoms with Gasteiger partial charge in [-0.05, 0) is 42.8 Å². The molecule has 30 heavy (non-hydrogen) atoms. The second kappa shape index (κ2) is 8.95. The van der Waals surface area contributed by atoms with Crippen molar-refractivity contribution < 1.29 is 19.1 Å². The van der Waals surface area contributed by atoms with E-state index in [4.69, 9.17) is 4.74 Å². The molecule has 2 amide bonds. The van der Waals surface area contributed by atoms with Gasteiger partial charge in [0.15, 0.2) is 0 Å². The van der Waals surface area contributed by atoms with Crippen LogP contribution in [0, 0.1) is 5.92 Å². The molecule has 1 fully saturated rings. The van der Waals surface area contributed by atoms with Crippen LogP contribution < -0.4 is 0 Å². The monoisotopic (exact) mass is 427 g/mol. The number of hydrogen-bond acceptors (Lipinski definition) is 6. The van der Waals surface area contributed by atoms with E-state index in [1.807, 2.05) is 23.6 Å². The molecule has 0 radical (unpaired) electrons. The molecule has 4 heterocycles. The van der Waals surface area contributed by atoms with Gasteiger partial charge in [0, 0.05) is 32.4 Å². The summed E-state index contributed by atoms with van der Waals surface area (Å²) in [7, 11) is 0. The van der Waals surface area contributed by atoms with Crippen LogP contribution in [0.25, 0.3) is 0 Å². The van der Waals surface area contributed by atoms with E-state index in [1.165, 1.54) is 11.3 Å². The SMILES string of the molecule is CCOC(=O)C1CCCN(C(=O)C2CN(C(=O)c3cccs3)Cc3cccnc32)C1. The smallest absolute Gasteiger partial charge is 0.310 e. The topological polar surface area (TPSA) is 79.8 Å². The van der Waals surface area contributed by atoms with Crippen molar-refractivity contribution in [3.8, 4) is 0 Å². The summed E-state index contributed by atoms with van der Waals surface area (Å²) in [6.07, 6.45) is 3.17. The molecular weight excluding hydrogens is 402 g/mol. The number of pyridine rings is 1. The van der Waals surface area contributed by atoms with E-state index in [0.29, 0.717) is 37.7 Å². The zero-order chi connectivity index (χ0) is 21.1. The molecule has 2 aliphatic rings. The van der Waals surface area contributed by atoms with Gasteiger partial charge in [-0.2, -0.15) is 0 Å². The summed E-state index contributed by atoms with van der Waals surface area (Å²) in [5.74, 6) is -1.21.